The predicted molar refractivity (Wildman–Crippen MR) is 129 cm³/mol. The van der Waals surface area contributed by atoms with Crippen molar-refractivity contribution in [1.29, 1.82) is 0 Å². The molecular formula is C25H22F3N3O3S. The third-order valence-corrected chi connectivity index (χ3v) is 6.23. The molecule has 4 aromatic rings. The predicted octanol–water partition coefficient (Wildman–Crippen LogP) is 6.51. The van der Waals surface area contributed by atoms with E-state index < -0.39 is 11.7 Å². The van der Waals surface area contributed by atoms with Crippen LogP contribution in [0.15, 0.2) is 53.9 Å². The van der Waals surface area contributed by atoms with Crippen molar-refractivity contribution in [1.82, 2.24) is 9.55 Å². The molecule has 0 bridgehead atoms. The monoisotopic (exact) mass is 501 g/mol. The molecule has 4 rings (SSSR count). The lowest BCUT2D eigenvalue weighted by molar-refractivity contribution is -0.137. The van der Waals surface area contributed by atoms with Crippen molar-refractivity contribution in [3.8, 4) is 28.4 Å². The van der Waals surface area contributed by atoms with Crippen molar-refractivity contribution in [3.63, 3.8) is 0 Å². The maximum atomic E-state index is 13.2. The Morgan fingerprint density at radius 1 is 1.03 bits per heavy atom. The van der Waals surface area contributed by atoms with E-state index in [0.29, 0.717) is 33.6 Å². The van der Waals surface area contributed by atoms with Gasteiger partial charge in [0, 0.05) is 39.6 Å². The standard InChI is InChI=1S/C25H22F3N3O3S/c1-14-8-21(15(2)31(14)18-7-5-6-17(11-18)25(26,27)28)22-13-35-24(29-22)30-23(32)16-9-19(33-3)12-20(10-16)34-4/h5-13H,1-4H3,(H,29,30,32). The zero-order valence-corrected chi connectivity index (χ0v) is 20.2. The number of ether oxygens (including phenoxy) is 2. The normalized spacial score (nSPS) is 11.4. The molecule has 2 aromatic carbocycles. The molecule has 2 aromatic heterocycles. The number of nitrogens with zero attached hydrogens (tertiary/aromatic N) is 2. The third kappa shape index (κ3) is 5.02. The first-order valence-corrected chi connectivity index (χ1v) is 11.4. The molecule has 1 amide bonds. The van der Waals surface area contributed by atoms with Gasteiger partial charge in [0.15, 0.2) is 5.13 Å². The van der Waals surface area contributed by atoms with Gasteiger partial charge in [-0.3, -0.25) is 10.1 Å². The second-order valence-corrected chi connectivity index (χ2v) is 8.62. The average molecular weight is 502 g/mol. The molecule has 1 N–H and O–H groups in total. The van der Waals surface area contributed by atoms with E-state index in [1.807, 2.05) is 19.9 Å². The number of thiazole rings is 1. The van der Waals surface area contributed by atoms with E-state index in [1.165, 1.54) is 31.6 Å². The van der Waals surface area contributed by atoms with E-state index in [4.69, 9.17) is 9.47 Å². The van der Waals surface area contributed by atoms with Crippen LogP contribution in [-0.2, 0) is 6.18 Å². The van der Waals surface area contributed by atoms with Crippen LogP contribution < -0.4 is 14.8 Å². The van der Waals surface area contributed by atoms with E-state index >= 15 is 0 Å². The van der Waals surface area contributed by atoms with Gasteiger partial charge in [0.25, 0.3) is 5.91 Å². The zero-order chi connectivity index (χ0) is 25.3. The summed E-state index contributed by atoms with van der Waals surface area (Å²) >= 11 is 1.25. The summed E-state index contributed by atoms with van der Waals surface area (Å²) in [5.74, 6) is 0.588. The quantitative estimate of drug-likeness (QED) is 0.327. The summed E-state index contributed by atoms with van der Waals surface area (Å²) in [4.78, 5) is 17.3. The smallest absolute Gasteiger partial charge is 0.416 e. The van der Waals surface area contributed by atoms with Gasteiger partial charge in [-0.05, 0) is 50.2 Å². The molecular weight excluding hydrogens is 479 g/mol. The molecule has 6 nitrogen and oxygen atoms in total. The molecule has 0 unspecified atom stereocenters. The van der Waals surface area contributed by atoms with Crippen LogP contribution in [0.5, 0.6) is 11.5 Å². The molecule has 0 spiro atoms. The minimum Gasteiger partial charge on any atom is -0.497 e. The number of hydrogen-bond acceptors (Lipinski definition) is 5. The number of rotatable bonds is 6. The number of carbonyl (C=O) groups is 1. The number of anilines is 1. The minimum absolute atomic E-state index is 0.348. The highest BCUT2D eigenvalue weighted by molar-refractivity contribution is 7.14. The first kappa shape index (κ1) is 24.3. The average Bonchev–Trinajstić information content (AvgIpc) is 3.41. The Morgan fingerprint density at radius 2 is 1.71 bits per heavy atom. The number of halogens is 3. The van der Waals surface area contributed by atoms with Gasteiger partial charge in [0.1, 0.15) is 11.5 Å². The highest BCUT2D eigenvalue weighted by atomic mass is 32.1. The van der Waals surface area contributed by atoms with Gasteiger partial charge in [-0.2, -0.15) is 13.2 Å². The molecule has 182 valence electrons. The molecule has 10 heteroatoms. The van der Waals surface area contributed by atoms with Crippen molar-refractivity contribution in [2.24, 2.45) is 0 Å². The van der Waals surface area contributed by atoms with Crippen molar-refractivity contribution in [3.05, 3.63) is 76.4 Å². The summed E-state index contributed by atoms with van der Waals surface area (Å²) in [6.45, 7) is 3.64. The number of nitrogens with one attached hydrogen (secondary N) is 1. The number of aromatic nitrogens is 2. The number of carbonyl (C=O) groups excluding carboxylic acids is 1. The Balaban J connectivity index is 1.61. The van der Waals surface area contributed by atoms with Crippen LogP contribution in [-0.4, -0.2) is 29.7 Å². The fourth-order valence-electron chi connectivity index (χ4n) is 3.80. The Hall–Kier alpha value is -3.79. The highest BCUT2D eigenvalue weighted by Crippen LogP contribution is 2.34. The lowest BCUT2D eigenvalue weighted by Gasteiger charge is -2.13. The highest BCUT2D eigenvalue weighted by Gasteiger charge is 2.30. The van der Waals surface area contributed by atoms with Crippen molar-refractivity contribution < 1.29 is 27.4 Å². The van der Waals surface area contributed by atoms with Gasteiger partial charge in [-0.1, -0.05) is 6.07 Å². The fraction of sp³-hybridized carbons (Fsp3) is 0.200. The number of benzene rings is 2. The molecule has 0 atom stereocenters. The van der Waals surface area contributed by atoms with Crippen LogP contribution in [0.2, 0.25) is 0 Å². The lowest BCUT2D eigenvalue weighted by Crippen LogP contribution is -2.12. The van der Waals surface area contributed by atoms with Crippen molar-refractivity contribution in [2.75, 3.05) is 19.5 Å². The van der Waals surface area contributed by atoms with Crippen molar-refractivity contribution in [2.45, 2.75) is 20.0 Å². The SMILES string of the molecule is COc1cc(OC)cc(C(=O)Nc2nc(-c3cc(C)n(-c4cccc(C(F)(F)F)c4)c3C)cs2)c1. The summed E-state index contributed by atoms with van der Waals surface area (Å²) < 4.78 is 51.8. The number of hydrogen-bond donors (Lipinski definition) is 1. The van der Waals surface area contributed by atoms with Crippen LogP contribution in [0.1, 0.15) is 27.3 Å². The fourth-order valence-corrected chi connectivity index (χ4v) is 4.51. The Kier molecular flexibility index (Phi) is 6.58. The van der Waals surface area contributed by atoms with Gasteiger partial charge in [0.05, 0.1) is 25.5 Å². The summed E-state index contributed by atoms with van der Waals surface area (Å²) in [5.41, 5.74) is 2.93. The molecule has 35 heavy (non-hydrogen) atoms. The lowest BCUT2D eigenvalue weighted by atomic mass is 10.2. The molecule has 0 aliphatic rings. The molecule has 0 saturated heterocycles. The Bertz CT molecular complexity index is 1370. The maximum absolute atomic E-state index is 13.2. The first-order valence-electron chi connectivity index (χ1n) is 10.5. The van der Waals surface area contributed by atoms with Gasteiger partial charge in [-0.15, -0.1) is 11.3 Å². The van der Waals surface area contributed by atoms with Gasteiger partial charge < -0.3 is 14.0 Å². The van der Waals surface area contributed by atoms with E-state index in [0.717, 1.165) is 29.1 Å². The van der Waals surface area contributed by atoms with Crippen LogP contribution in [0.3, 0.4) is 0 Å². The second kappa shape index (κ2) is 9.46. The topological polar surface area (TPSA) is 65.4 Å². The van der Waals surface area contributed by atoms with E-state index in [1.54, 1.807) is 34.2 Å². The number of amides is 1. The van der Waals surface area contributed by atoms with Gasteiger partial charge >= 0.3 is 6.18 Å². The van der Waals surface area contributed by atoms with Crippen LogP contribution in [0, 0.1) is 13.8 Å². The Morgan fingerprint density at radius 3 is 2.34 bits per heavy atom. The van der Waals surface area contributed by atoms with Crippen LogP contribution in [0.25, 0.3) is 16.9 Å². The van der Waals surface area contributed by atoms with Gasteiger partial charge in [-0.25, -0.2) is 4.98 Å². The van der Waals surface area contributed by atoms with Crippen molar-refractivity contribution >= 4 is 22.4 Å². The first-order chi connectivity index (χ1) is 16.6. The summed E-state index contributed by atoms with van der Waals surface area (Å²) in [6.07, 6.45) is -4.43. The molecule has 0 radical (unpaired) electrons. The second-order valence-electron chi connectivity index (χ2n) is 7.76. The summed E-state index contributed by atoms with van der Waals surface area (Å²) in [6, 6.07) is 11.9. The summed E-state index contributed by atoms with van der Waals surface area (Å²) in [5, 5.41) is 4.95. The number of alkyl halides is 3. The van der Waals surface area contributed by atoms with E-state index in [9.17, 15) is 18.0 Å². The largest absolute Gasteiger partial charge is 0.497 e. The number of methoxy groups -OCH3 is 2. The molecule has 0 fully saturated rings. The van der Waals surface area contributed by atoms with E-state index in [2.05, 4.69) is 10.3 Å². The third-order valence-electron chi connectivity index (χ3n) is 5.48. The van der Waals surface area contributed by atoms with Crippen LogP contribution in [0.4, 0.5) is 18.3 Å². The van der Waals surface area contributed by atoms with Gasteiger partial charge in [0.2, 0.25) is 0 Å². The van der Waals surface area contributed by atoms with Crippen LogP contribution >= 0.6 is 11.3 Å². The maximum Gasteiger partial charge on any atom is 0.416 e. The molecule has 2 heterocycles. The molecule has 0 aliphatic carbocycles. The minimum atomic E-state index is -4.43. The number of aryl methyl sites for hydroxylation is 1. The molecule has 0 aliphatic heterocycles. The van der Waals surface area contributed by atoms with E-state index in [-0.39, 0.29) is 5.91 Å². The Labute approximate surface area is 204 Å². The zero-order valence-electron chi connectivity index (χ0n) is 19.4. The summed E-state index contributed by atoms with van der Waals surface area (Å²) in [7, 11) is 3.00. The molecule has 0 saturated carbocycles.